The molecule has 2 aromatic carbocycles. The lowest BCUT2D eigenvalue weighted by atomic mass is 9.86. The van der Waals surface area contributed by atoms with Gasteiger partial charge in [0.25, 0.3) is 11.8 Å². The molecule has 1 atom stereocenters. The number of rotatable bonds is 15. The summed E-state index contributed by atoms with van der Waals surface area (Å²) in [5.74, 6) is -2.06. The number of imide groups is 1. The Labute approximate surface area is 404 Å². The number of halogens is 2. The zero-order chi connectivity index (χ0) is 49.1. The number of ether oxygens (including phenoxy) is 1. The number of likely N-dealkylation sites (N-methyl/N-ethyl adjacent to an activating group) is 1. The molecule has 3 aromatic heterocycles. The number of piperazine rings is 1. The number of carbonyl (C=O) groups excluding carboxylic acids is 5. The van der Waals surface area contributed by atoms with E-state index < -0.39 is 40.6 Å². The Kier molecular flexibility index (Phi) is 13.8. The molecule has 3 saturated heterocycles. The van der Waals surface area contributed by atoms with E-state index in [0.717, 1.165) is 79.7 Å². The van der Waals surface area contributed by atoms with Gasteiger partial charge in [0, 0.05) is 101 Å². The summed E-state index contributed by atoms with van der Waals surface area (Å²) in [5, 5.41) is 19.5. The van der Waals surface area contributed by atoms with Gasteiger partial charge in [0.1, 0.15) is 35.3 Å². The zero-order valence-corrected chi connectivity index (χ0v) is 39.3. The van der Waals surface area contributed by atoms with Crippen LogP contribution in [0, 0.1) is 23.0 Å². The molecule has 3 fully saturated rings. The van der Waals surface area contributed by atoms with Gasteiger partial charge >= 0.3 is 0 Å². The number of pyridine rings is 2. The summed E-state index contributed by atoms with van der Waals surface area (Å²) in [7, 11) is 1.71. The molecule has 19 heteroatoms. The number of nitrogens with zero attached hydrogens (tertiary/aromatic N) is 9. The highest BCUT2D eigenvalue weighted by Crippen LogP contribution is 2.34. The molecule has 4 aliphatic rings. The molecular formula is C51H55F2N11O6. The molecule has 0 spiro atoms. The van der Waals surface area contributed by atoms with Crippen molar-refractivity contribution in [3.05, 3.63) is 107 Å². The largest absolute Gasteiger partial charge is 0.492 e. The minimum Gasteiger partial charge on any atom is -0.492 e. The highest BCUT2D eigenvalue weighted by atomic mass is 19.1. The van der Waals surface area contributed by atoms with Crippen molar-refractivity contribution in [1.82, 2.24) is 39.9 Å². The average Bonchev–Trinajstić information content (AvgIpc) is 3.93. The molecule has 0 radical (unpaired) electrons. The van der Waals surface area contributed by atoms with Crippen molar-refractivity contribution in [3.63, 3.8) is 0 Å². The van der Waals surface area contributed by atoms with Gasteiger partial charge in [-0.2, -0.15) is 10.4 Å². The first-order valence-electron chi connectivity index (χ1n) is 23.8. The van der Waals surface area contributed by atoms with Crippen LogP contribution in [-0.4, -0.2) is 136 Å². The van der Waals surface area contributed by atoms with Crippen LogP contribution in [0.2, 0.25) is 0 Å². The van der Waals surface area contributed by atoms with E-state index in [1.807, 2.05) is 43.3 Å². The van der Waals surface area contributed by atoms with Crippen molar-refractivity contribution in [2.45, 2.75) is 70.0 Å². The smallest absolute Gasteiger partial charge is 0.255 e. The highest BCUT2D eigenvalue weighted by molar-refractivity contribution is 6.05. The van der Waals surface area contributed by atoms with E-state index in [2.05, 4.69) is 36.5 Å². The molecule has 2 N–H and O–H groups in total. The summed E-state index contributed by atoms with van der Waals surface area (Å²) < 4.78 is 36.5. The third-order valence-electron chi connectivity index (χ3n) is 14.0. The quantitative estimate of drug-likeness (QED) is 0.107. The third kappa shape index (κ3) is 9.99. The first kappa shape index (κ1) is 47.6. The summed E-state index contributed by atoms with van der Waals surface area (Å²) >= 11 is 0. The van der Waals surface area contributed by atoms with Gasteiger partial charge in [0.05, 0.1) is 41.2 Å². The molecule has 5 aromatic rings. The van der Waals surface area contributed by atoms with E-state index in [0.29, 0.717) is 86.6 Å². The topological polar surface area (TPSA) is 189 Å². The minimum absolute atomic E-state index is 0.0819. The minimum atomic E-state index is -0.946. The summed E-state index contributed by atoms with van der Waals surface area (Å²) in [6.45, 7) is 7.81. The fourth-order valence-electron chi connectivity index (χ4n) is 10.2. The molecule has 7 heterocycles. The molecule has 1 unspecified atom stereocenters. The van der Waals surface area contributed by atoms with Gasteiger partial charge in [-0.25, -0.2) is 18.3 Å². The van der Waals surface area contributed by atoms with Gasteiger partial charge in [0.15, 0.2) is 0 Å². The molecule has 4 aliphatic heterocycles. The van der Waals surface area contributed by atoms with Crippen molar-refractivity contribution in [3.8, 4) is 22.9 Å². The van der Waals surface area contributed by atoms with Gasteiger partial charge in [-0.3, -0.25) is 34.2 Å². The van der Waals surface area contributed by atoms with Crippen molar-refractivity contribution in [1.29, 1.82) is 5.26 Å². The molecule has 364 valence electrons. The predicted octanol–water partition coefficient (Wildman–Crippen LogP) is 4.93. The SMILES string of the molecule is CCOc1cc(-c2ccc(N3CCC(CN(C)C(=O)CCCCN4CCN(c5ccc6c(c5)CN(C5CCC(=O)NC5=O)C6=O)CC4)(NC(=O)c4cc(F)ccc4F)CC3)nc2)c2c(C#N)cnn2c1. The van der Waals surface area contributed by atoms with Crippen LogP contribution in [0.5, 0.6) is 5.75 Å². The fraction of sp³-hybridized carbons (Fsp3) is 0.412. The van der Waals surface area contributed by atoms with Crippen molar-refractivity contribution >= 4 is 46.6 Å². The number of piperidine rings is 2. The van der Waals surface area contributed by atoms with Crippen LogP contribution in [0.1, 0.15) is 83.7 Å². The van der Waals surface area contributed by atoms with E-state index in [-0.39, 0.29) is 30.7 Å². The highest BCUT2D eigenvalue weighted by Gasteiger charge is 2.41. The van der Waals surface area contributed by atoms with Crippen LogP contribution in [0.3, 0.4) is 0 Å². The number of amides is 5. The lowest BCUT2D eigenvalue weighted by molar-refractivity contribution is -0.137. The third-order valence-corrected chi connectivity index (χ3v) is 14.0. The first-order chi connectivity index (χ1) is 33.8. The molecule has 70 heavy (non-hydrogen) atoms. The molecule has 0 bridgehead atoms. The molecule has 0 saturated carbocycles. The Hall–Kier alpha value is -7.46. The second-order valence-electron chi connectivity index (χ2n) is 18.5. The van der Waals surface area contributed by atoms with Gasteiger partial charge < -0.3 is 29.7 Å². The summed E-state index contributed by atoms with van der Waals surface area (Å²) in [6.07, 6.45) is 8.08. The number of aromatic nitrogens is 3. The monoisotopic (exact) mass is 955 g/mol. The Bertz CT molecular complexity index is 2870. The Morgan fingerprint density at radius 1 is 0.957 bits per heavy atom. The van der Waals surface area contributed by atoms with E-state index in [4.69, 9.17) is 9.72 Å². The van der Waals surface area contributed by atoms with Crippen LogP contribution in [-0.2, 0) is 20.9 Å². The number of carbonyl (C=O) groups is 5. The van der Waals surface area contributed by atoms with Crippen molar-refractivity contribution in [2.24, 2.45) is 0 Å². The molecular weight excluding hydrogens is 901 g/mol. The maximum Gasteiger partial charge on any atom is 0.255 e. The summed E-state index contributed by atoms with van der Waals surface area (Å²) in [5.41, 5.74) is 3.69. The van der Waals surface area contributed by atoms with Crippen LogP contribution in [0.4, 0.5) is 20.3 Å². The van der Waals surface area contributed by atoms with Crippen LogP contribution >= 0.6 is 0 Å². The van der Waals surface area contributed by atoms with Crippen LogP contribution < -0.4 is 25.2 Å². The lowest BCUT2D eigenvalue weighted by Gasteiger charge is -2.44. The molecule has 5 amide bonds. The van der Waals surface area contributed by atoms with Gasteiger partial charge in [-0.05, 0) is 106 Å². The average molecular weight is 956 g/mol. The van der Waals surface area contributed by atoms with Gasteiger partial charge in [-0.1, -0.05) is 0 Å². The fourth-order valence-corrected chi connectivity index (χ4v) is 10.2. The number of nitriles is 1. The van der Waals surface area contributed by atoms with E-state index in [9.17, 15) is 38.0 Å². The second kappa shape index (κ2) is 20.2. The second-order valence-corrected chi connectivity index (χ2v) is 18.5. The standard InChI is InChI=1S/C51H55F2N11O6/c1-3-70-38-26-40(47-35(27-54)29-56-64(47)31-38)33-7-13-44(55-28-33)62-18-15-51(16-19-62,58-48(67)41-25-36(52)8-11-42(41)53)32-59(2)46(66)6-4-5-17-60-20-22-61(23-21-60)37-9-10-39-34(24-37)30-63(50(39)69)43-12-14-45(65)57-49(43)68/h7-11,13,24-26,28-29,31,43H,3-6,12,14-23,30,32H2,1-2H3,(H,58,67)(H,57,65,68). The van der Waals surface area contributed by atoms with Crippen molar-refractivity contribution in [2.75, 3.05) is 75.8 Å². The normalized spacial score (nSPS) is 18.1. The Morgan fingerprint density at radius 3 is 2.49 bits per heavy atom. The number of hydrogen-bond acceptors (Lipinski definition) is 12. The predicted molar refractivity (Wildman–Crippen MR) is 255 cm³/mol. The van der Waals surface area contributed by atoms with Crippen LogP contribution in [0.15, 0.2) is 73.2 Å². The van der Waals surface area contributed by atoms with Gasteiger partial charge in [0.2, 0.25) is 17.7 Å². The lowest BCUT2D eigenvalue weighted by Crippen LogP contribution is -2.61. The van der Waals surface area contributed by atoms with E-state index in [1.165, 1.54) is 6.20 Å². The molecule has 0 aliphatic carbocycles. The van der Waals surface area contributed by atoms with Gasteiger partial charge in [-0.15, -0.1) is 0 Å². The number of fused-ring (bicyclic) bond motifs is 2. The zero-order valence-electron chi connectivity index (χ0n) is 39.3. The summed E-state index contributed by atoms with van der Waals surface area (Å²) in [4.78, 5) is 79.4. The van der Waals surface area contributed by atoms with Crippen molar-refractivity contribution < 1.29 is 37.5 Å². The Morgan fingerprint density at radius 2 is 1.76 bits per heavy atom. The number of benzene rings is 2. The number of anilines is 2. The van der Waals surface area contributed by atoms with Crippen LogP contribution in [0.25, 0.3) is 16.6 Å². The Balaban J connectivity index is 0.783. The molecule has 9 rings (SSSR count). The van der Waals surface area contributed by atoms with E-state index in [1.54, 1.807) is 33.8 Å². The maximum atomic E-state index is 14.9. The first-order valence-corrected chi connectivity index (χ1v) is 23.8. The number of nitrogens with one attached hydrogen (secondary N) is 2. The summed E-state index contributed by atoms with van der Waals surface area (Å²) in [6, 6.07) is 15.8. The number of unbranched alkanes of at least 4 members (excludes halogenated alkanes) is 1. The molecule has 17 nitrogen and oxygen atoms in total. The maximum absolute atomic E-state index is 14.9. The number of hydrogen-bond donors (Lipinski definition) is 2. The van der Waals surface area contributed by atoms with E-state index >= 15 is 0 Å².